The highest BCUT2D eigenvalue weighted by molar-refractivity contribution is 5.97. The second kappa shape index (κ2) is 9.47. The summed E-state index contributed by atoms with van der Waals surface area (Å²) >= 11 is 0. The molecule has 0 aliphatic heterocycles. The molecule has 2 amide bonds. The second-order valence-corrected chi connectivity index (χ2v) is 5.84. The maximum Gasteiger partial charge on any atom is 0.267 e. The van der Waals surface area contributed by atoms with E-state index in [2.05, 4.69) is 17.2 Å². The number of rotatable bonds is 7. The number of nitrogens with one attached hydrogen (secondary N) is 2. The van der Waals surface area contributed by atoms with Crippen molar-refractivity contribution >= 4 is 11.8 Å². The van der Waals surface area contributed by atoms with Gasteiger partial charge in [0, 0.05) is 11.1 Å². The van der Waals surface area contributed by atoms with Crippen molar-refractivity contribution in [3.63, 3.8) is 0 Å². The van der Waals surface area contributed by atoms with Crippen molar-refractivity contribution in [3.05, 3.63) is 42.0 Å². The average molecular weight is 345 g/mol. The van der Waals surface area contributed by atoms with Crippen LogP contribution >= 0.6 is 0 Å². The summed E-state index contributed by atoms with van der Waals surface area (Å²) in [5.74, 6) is 4.83. The van der Waals surface area contributed by atoms with Gasteiger partial charge in [-0.1, -0.05) is 5.92 Å². The lowest BCUT2D eigenvalue weighted by molar-refractivity contribution is -0.132. The van der Waals surface area contributed by atoms with Crippen molar-refractivity contribution < 1.29 is 19.5 Å². The third-order valence-electron chi connectivity index (χ3n) is 3.20. The lowest BCUT2D eigenvalue weighted by Crippen LogP contribution is -2.61. The van der Waals surface area contributed by atoms with Crippen molar-refractivity contribution in [1.29, 1.82) is 0 Å². The molecule has 0 aromatic heterocycles. The summed E-state index contributed by atoms with van der Waals surface area (Å²) in [6, 6.07) is 5.33. The third-order valence-corrected chi connectivity index (χ3v) is 3.20. The van der Waals surface area contributed by atoms with Crippen molar-refractivity contribution in [3.8, 4) is 17.6 Å². The smallest absolute Gasteiger partial charge is 0.267 e. The van der Waals surface area contributed by atoms with Crippen LogP contribution in [0.5, 0.6) is 5.75 Å². The minimum Gasteiger partial charge on any atom is -0.490 e. The van der Waals surface area contributed by atoms with E-state index in [1.807, 2.05) is 0 Å². The van der Waals surface area contributed by atoms with Crippen LogP contribution in [0.25, 0.3) is 0 Å². The summed E-state index contributed by atoms with van der Waals surface area (Å²) in [5.41, 5.74) is 6.66. The van der Waals surface area contributed by atoms with E-state index >= 15 is 0 Å². The first kappa shape index (κ1) is 20.2. The molecule has 0 bridgehead atoms. The Balaban J connectivity index is 2.72. The van der Waals surface area contributed by atoms with Gasteiger partial charge in [-0.3, -0.25) is 14.8 Å². The Bertz CT molecular complexity index is 679. The number of benzene rings is 1. The molecule has 0 aliphatic carbocycles. The van der Waals surface area contributed by atoms with E-state index in [1.165, 1.54) is 5.48 Å². The minimum atomic E-state index is -1.09. The molecule has 5 N–H and O–H groups in total. The zero-order chi connectivity index (χ0) is 18.9. The topological polar surface area (TPSA) is 114 Å². The van der Waals surface area contributed by atoms with Gasteiger partial charge in [0.25, 0.3) is 11.8 Å². The van der Waals surface area contributed by atoms with Gasteiger partial charge < -0.3 is 15.8 Å². The van der Waals surface area contributed by atoms with Crippen LogP contribution in [0.4, 0.5) is 0 Å². The normalized spacial score (nSPS) is 12.0. The number of ether oxygens (including phenoxy) is 1. The lowest BCUT2D eigenvalue weighted by atomic mass is 9.95. The van der Waals surface area contributed by atoms with Crippen LogP contribution in [0.2, 0.25) is 0 Å². The first-order chi connectivity index (χ1) is 11.8. The Kier molecular flexibility index (Phi) is 7.66. The maximum absolute atomic E-state index is 12.3. The molecule has 0 spiro atoms. The number of hydrogen-bond donors (Lipinski definition) is 4. The number of nitrogens with two attached hydrogens (primary N) is 1. The molecule has 1 aromatic rings. The largest absolute Gasteiger partial charge is 0.490 e. The van der Waals surface area contributed by atoms with Gasteiger partial charge in [0.1, 0.15) is 18.4 Å². The number of hydroxylamine groups is 1. The average Bonchev–Trinajstić information content (AvgIpc) is 2.58. The predicted molar refractivity (Wildman–Crippen MR) is 94.0 cm³/mol. The Hall–Kier alpha value is -2.82. The van der Waals surface area contributed by atoms with E-state index in [4.69, 9.17) is 15.7 Å². The van der Waals surface area contributed by atoms with Crippen molar-refractivity contribution in [2.24, 2.45) is 5.73 Å². The van der Waals surface area contributed by atoms with Crippen LogP contribution in [-0.2, 0) is 4.79 Å². The molecule has 0 aliphatic rings. The molecule has 0 saturated carbocycles. The van der Waals surface area contributed by atoms with E-state index < -0.39 is 23.4 Å². The molecule has 0 heterocycles. The van der Waals surface area contributed by atoms with Crippen LogP contribution in [0, 0.1) is 11.8 Å². The number of hydrogen-bond acceptors (Lipinski definition) is 5. The molecule has 1 atom stereocenters. The molecular weight excluding hydrogens is 322 g/mol. The van der Waals surface area contributed by atoms with Crippen molar-refractivity contribution in [2.75, 3.05) is 6.61 Å². The summed E-state index contributed by atoms with van der Waals surface area (Å²) < 4.78 is 5.47. The highest BCUT2D eigenvalue weighted by atomic mass is 16.5. The number of carbonyl (C=O) groups is 2. The summed E-state index contributed by atoms with van der Waals surface area (Å²) in [6.45, 7) is 5.25. The SMILES string of the molecule is CC#CC=CCOc1ccc(C(=O)NC(C(=O)NO)C(C)(C)N)cc1. The number of allylic oxidation sites excluding steroid dienone is 1. The Morgan fingerprint density at radius 2 is 2.00 bits per heavy atom. The molecule has 1 rings (SSSR count). The number of amides is 2. The van der Waals surface area contributed by atoms with Gasteiger partial charge in [0.2, 0.25) is 0 Å². The molecular formula is C18H23N3O4. The first-order valence-corrected chi connectivity index (χ1v) is 7.63. The van der Waals surface area contributed by atoms with E-state index in [1.54, 1.807) is 57.2 Å². The summed E-state index contributed by atoms with van der Waals surface area (Å²) in [5, 5.41) is 11.3. The van der Waals surface area contributed by atoms with Gasteiger partial charge in [0.05, 0.1) is 0 Å². The fourth-order valence-electron chi connectivity index (χ4n) is 1.91. The van der Waals surface area contributed by atoms with Gasteiger partial charge >= 0.3 is 0 Å². The van der Waals surface area contributed by atoms with Crippen molar-refractivity contribution in [1.82, 2.24) is 10.8 Å². The lowest BCUT2D eigenvalue weighted by Gasteiger charge is -2.29. The van der Waals surface area contributed by atoms with E-state index in [0.717, 1.165) is 0 Å². The Labute approximate surface area is 147 Å². The molecule has 134 valence electrons. The van der Waals surface area contributed by atoms with E-state index in [9.17, 15) is 9.59 Å². The van der Waals surface area contributed by atoms with Crippen LogP contribution in [0.15, 0.2) is 36.4 Å². The van der Waals surface area contributed by atoms with Gasteiger partial charge in [0.15, 0.2) is 0 Å². The third kappa shape index (κ3) is 6.67. The first-order valence-electron chi connectivity index (χ1n) is 7.63. The summed E-state index contributed by atoms with van der Waals surface area (Å²) in [7, 11) is 0. The zero-order valence-electron chi connectivity index (χ0n) is 14.5. The van der Waals surface area contributed by atoms with Crippen LogP contribution in [0.3, 0.4) is 0 Å². The van der Waals surface area contributed by atoms with Gasteiger partial charge in [-0.25, -0.2) is 5.48 Å². The minimum absolute atomic E-state index is 0.333. The summed E-state index contributed by atoms with van der Waals surface area (Å²) in [4.78, 5) is 24.0. The highest BCUT2D eigenvalue weighted by Gasteiger charge is 2.33. The molecule has 1 unspecified atom stereocenters. The molecule has 0 radical (unpaired) electrons. The quantitative estimate of drug-likeness (QED) is 0.334. The number of carbonyl (C=O) groups excluding carboxylic acids is 2. The second-order valence-electron chi connectivity index (χ2n) is 5.84. The molecule has 0 fully saturated rings. The van der Waals surface area contributed by atoms with Crippen molar-refractivity contribution in [2.45, 2.75) is 32.4 Å². The molecule has 25 heavy (non-hydrogen) atoms. The van der Waals surface area contributed by atoms with Gasteiger partial charge in [-0.15, -0.1) is 5.92 Å². The van der Waals surface area contributed by atoms with E-state index in [0.29, 0.717) is 17.9 Å². The highest BCUT2D eigenvalue weighted by Crippen LogP contribution is 2.13. The predicted octanol–water partition coefficient (Wildman–Crippen LogP) is 0.986. The molecule has 7 nitrogen and oxygen atoms in total. The molecule has 1 aromatic carbocycles. The van der Waals surface area contributed by atoms with Crippen LogP contribution in [0.1, 0.15) is 31.1 Å². The van der Waals surface area contributed by atoms with Gasteiger partial charge in [-0.2, -0.15) is 0 Å². The molecule has 0 saturated heterocycles. The van der Waals surface area contributed by atoms with Gasteiger partial charge in [-0.05, 0) is 57.2 Å². The van der Waals surface area contributed by atoms with E-state index in [-0.39, 0.29) is 0 Å². The zero-order valence-corrected chi connectivity index (χ0v) is 14.5. The summed E-state index contributed by atoms with van der Waals surface area (Å²) in [6.07, 6.45) is 3.47. The Morgan fingerprint density at radius 1 is 1.36 bits per heavy atom. The van der Waals surface area contributed by atoms with Crippen LogP contribution < -0.4 is 21.3 Å². The van der Waals surface area contributed by atoms with Crippen LogP contribution in [-0.4, -0.2) is 35.2 Å². The maximum atomic E-state index is 12.3. The Morgan fingerprint density at radius 3 is 2.52 bits per heavy atom. The monoisotopic (exact) mass is 345 g/mol. The standard InChI is InChI=1S/C18H23N3O4/c1-4-5-6-7-12-25-14-10-8-13(9-11-14)16(22)20-15(17(23)21-24)18(2,3)19/h6-11,15,24H,12,19H2,1-3H3,(H,20,22)(H,21,23). The fraction of sp³-hybridized carbons (Fsp3) is 0.333. The fourth-order valence-corrected chi connectivity index (χ4v) is 1.91. The molecule has 7 heteroatoms.